The van der Waals surface area contributed by atoms with E-state index in [0.29, 0.717) is 12.1 Å². The van der Waals surface area contributed by atoms with E-state index in [1.54, 1.807) is 7.11 Å². The van der Waals surface area contributed by atoms with E-state index >= 15 is 0 Å². The van der Waals surface area contributed by atoms with Crippen molar-refractivity contribution >= 4 is 5.91 Å². The van der Waals surface area contributed by atoms with Gasteiger partial charge in [0, 0.05) is 12.1 Å². The number of benzene rings is 2. The van der Waals surface area contributed by atoms with Crippen LogP contribution in [0.4, 0.5) is 0 Å². The molecule has 4 nitrogen and oxygen atoms in total. The Balaban J connectivity index is 1.72. The predicted octanol–water partition coefficient (Wildman–Crippen LogP) is 4.21. The molecule has 0 aliphatic carbocycles. The van der Waals surface area contributed by atoms with Crippen molar-refractivity contribution in [3.05, 3.63) is 65.2 Å². The summed E-state index contributed by atoms with van der Waals surface area (Å²) in [7, 11) is 1.68. The average Bonchev–Trinajstić information content (AvgIpc) is 2.70. The molecule has 1 aliphatic rings. The van der Waals surface area contributed by atoms with Gasteiger partial charge in [0.05, 0.1) is 13.2 Å². The number of carbonyl (C=O) groups excluding carboxylic acids is 1. The van der Waals surface area contributed by atoms with Gasteiger partial charge < -0.3 is 10.1 Å². The second-order valence-corrected chi connectivity index (χ2v) is 7.58. The zero-order chi connectivity index (χ0) is 19.2. The number of piperidine rings is 1. The molecule has 2 aromatic carbocycles. The lowest BCUT2D eigenvalue weighted by Gasteiger charge is -2.37. The summed E-state index contributed by atoms with van der Waals surface area (Å²) in [5, 5.41) is 3.14. The lowest BCUT2D eigenvalue weighted by molar-refractivity contribution is 0.0913. The number of amides is 1. The van der Waals surface area contributed by atoms with E-state index in [2.05, 4.69) is 29.3 Å². The summed E-state index contributed by atoms with van der Waals surface area (Å²) in [5.41, 5.74) is 3.08. The summed E-state index contributed by atoms with van der Waals surface area (Å²) in [5.74, 6) is 1.62. The van der Waals surface area contributed by atoms with Gasteiger partial charge in [0.1, 0.15) is 5.75 Å². The number of nitrogens with zero attached hydrogens (tertiary/aromatic N) is 1. The molecule has 1 N–H and O–H groups in total. The van der Waals surface area contributed by atoms with Crippen molar-refractivity contribution in [3.8, 4) is 5.75 Å². The maximum Gasteiger partial charge on any atom is 0.251 e. The third-order valence-corrected chi connectivity index (χ3v) is 5.53. The Morgan fingerprint density at radius 3 is 2.33 bits per heavy atom. The first-order chi connectivity index (χ1) is 13.1. The van der Waals surface area contributed by atoms with Gasteiger partial charge in [0.25, 0.3) is 5.91 Å². The Kier molecular flexibility index (Phi) is 6.51. The standard InChI is InChI=1S/C23H30N2O2/c1-17-4-6-20(7-5-17)23(26)24-16-22(25-14-12-18(2)13-15-25)19-8-10-21(27-3)11-9-19/h4-11,18,22H,12-16H2,1-3H3,(H,24,26). The molecule has 1 aliphatic heterocycles. The first kappa shape index (κ1) is 19.4. The summed E-state index contributed by atoms with van der Waals surface area (Å²) in [4.78, 5) is 15.1. The van der Waals surface area contributed by atoms with Crippen LogP contribution in [0, 0.1) is 12.8 Å². The quantitative estimate of drug-likeness (QED) is 0.833. The Morgan fingerprint density at radius 1 is 1.11 bits per heavy atom. The fraction of sp³-hybridized carbons (Fsp3) is 0.435. The normalized spacial score (nSPS) is 16.7. The summed E-state index contributed by atoms with van der Waals surface area (Å²) in [6.07, 6.45) is 2.41. The summed E-state index contributed by atoms with van der Waals surface area (Å²) in [6, 6.07) is 16.1. The molecule has 1 saturated heterocycles. The highest BCUT2D eigenvalue weighted by atomic mass is 16.5. The van der Waals surface area contributed by atoms with Crippen molar-refractivity contribution in [3.63, 3.8) is 0 Å². The maximum absolute atomic E-state index is 12.6. The molecule has 1 amide bonds. The van der Waals surface area contributed by atoms with Crippen molar-refractivity contribution in [1.82, 2.24) is 10.2 Å². The van der Waals surface area contributed by atoms with Crippen molar-refractivity contribution in [1.29, 1.82) is 0 Å². The first-order valence-electron chi connectivity index (χ1n) is 9.79. The van der Waals surface area contributed by atoms with Crippen LogP contribution in [0.3, 0.4) is 0 Å². The number of ether oxygens (including phenoxy) is 1. The molecule has 1 fully saturated rings. The second-order valence-electron chi connectivity index (χ2n) is 7.58. The largest absolute Gasteiger partial charge is 0.497 e. The van der Waals surface area contributed by atoms with Gasteiger partial charge >= 0.3 is 0 Å². The number of hydrogen-bond donors (Lipinski definition) is 1. The van der Waals surface area contributed by atoms with E-state index in [-0.39, 0.29) is 11.9 Å². The van der Waals surface area contributed by atoms with Gasteiger partial charge in [0.2, 0.25) is 0 Å². The fourth-order valence-electron chi connectivity index (χ4n) is 3.62. The summed E-state index contributed by atoms with van der Waals surface area (Å²) < 4.78 is 5.29. The zero-order valence-corrected chi connectivity index (χ0v) is 16.6. The van der Waals surface area contributed by atoms with Gasteiger partial charge in [-0.25, -0.2) is 0 Å². The highest BCUT2D eigenvalue weighted by molar-refractivity contribution is 5.94. The van der Waals surface area contributed by atoms with E-state index in [9.17, 15) is 4.79 Å². The van der Waals surface area contributed by atoms with Crippen LogP contribution in [0.25, 0.3) is 0 Å². The zero-order valence-electron chi connectivity index (χ0n) is 16.6. The third-order valence-electron chi connectivity index (χ3n) is 5.53. The van der Waals surface area contributed by atoms with Crippen molar-refractivity contribution in [2.45, 2.75) is 32.7 Å². The molecule has 0 radical (unpaired) electrons. The third kappa shape index (κ3) is 5.10. The molecule has 4 heteroatoms. The van der Waals surface area contributed by atoms with Gasteiger partial charge in [-0.15, -0.1) is 0 Å². The van der Waals surface area contributed by atoms with Gasteiger partial charge in [-0.05, 0) is 68.6 Å². The van der Waals surface area contributed by atoms with Crippen LogP contribution in [0.15, 0.2) is 48.5 Å². The molecular weight excluding hydrogens is 336 g/mol. The lowest BCUT2D eigenvalue weighted by atomic mass is 9.95. The molecule has 0 aromatic heterocycles. The molecule has 2 aromatic rings. The molecule has 3 rings (SSSR count). The number of methoxy groups -OCH3 is 1. The lowest BCUT2D eigenvalue weighted by Crippen LogP contribution is -2.42. The fourth-order valence-corrected chi connectivity index (χ4v) is 3.62. The van der Waals surface area contributed by atoms with Gasteiger partial charge in [0.15, 0.2) is 0 Å². The van der Waals surface area contributed by atoms with Crippen LogP contribution in [-0.2, 0) is 0 Å². The van der Waals surface area contributed by atoms with Gasteiger partial charge in [-0.1, -0.05) is 36.8 Å². The molecular formula is C23H30N2O2. The smallest absolute Gasteiger partial charge is 0.251 e. The summed E-state index contributed by atoms with van der Waals surface area (Å²) in [6.45, 7) is 7.08. The van der Waals surface area contributed by atoms with E-state index in [0.717, 1.165) is 30.3 Å². The van der Waals surface area contributed by atoms with Crippen molar-refractivity contribution in [2.75, 3.05) is 26.7 Å². The molecule has 27 heavy (non-hydrogen) atoms. The second kappa shape index (κ2) is 9.05. The number of nitrogens with one attached hydrogen (secondary N) is 1. The maximum atomic E-state index is 12.6. The molecule has 1 unspecified atom stereocenters. The predicted molar refractivity (Wildman–Crippen MR) is 109 cm³/mol. The van der Waals surface area contributed by atoms with Crippen LogP contribution in [0.2, 0.25) is 0 Å². The number of hydrogen-bond acceptors (Lipinski definition) is 3. The number of likely N-dealkylation sites (tertiary alicyclic amines) is 1. The molecule has 0 bridgehead atoms. The summed E-state index contributed by atoms with van der Waals surface area (Å²) >= 11 is 0. The van der Waals surface area contributed by atoms with E-state index in [1.165, 1.54) is 18.4 Å². The van der Waals surface area contributed by atoms with E-state index in [4.69, 9.17) is 4.74 Å². The van der Waals surface area contributed by atoms with Crippen molar-refractivity contribution in [2.24, 2.45) is 5.92 Å². The van der Waals surface area contributed by atoms with Gasteiger partial charge in [-0.2, -0.15) is 0 Å². The number of rotatable bonds is 6. The van der Waals surface area contributed by atoms with E-state index in [1.807, 2.05) is 43.3 Å². The molecule has 1 heterocycles. The van der Waals surface area contributed by atoms with E-state index < -0.39 is 0 Å². The molecule has 144 valence electrons. The van der Waals surface area contributed by atoms with Crippen LogP contribution in [0.5, 0.6) is 5.75 Å². The number of carbonyl (C=O) groups is 1. The topological polar surface area (TPSA) is 41.6 Å². The Morgan fingerprint density at radius 2 is 1.74 bits per heavy atom. The number of aryl methyl sites for hydroxylation is 1. The van der Waals surface area contributed by atoms with Crippen LogP contribution in [-0.4, -0.2) is 37.6 Å². The SMILES string of the molecule is COc1ccc(C(CNC(=O)c2ccc(C)cc2)N2CCC(C)CC2)cc1. The molecule has 0 saturated carbocycles. The Hall–Kier alpha value is -2.33. The van der Waals surface area contributed by atoms with Crippen molar-refractivity contribution < 1.29 is 9.53 Å². The minimum atomic E-state index is -0.0149. The Labute approximate surface area is 162 Å². The highest BCUT2D eigenvalue weighted by Gasteiger charge is 2.25. The Bertz CT molecular complexity index is 732. The first-order valence-corrected chi connectivity index (χ1v) is 9.79. The highest BCUT2D eigenvalue weighted by Crippen LogP contribution is 2.27. The van der Waals surface area contributed by atoms with Crippen LogP contribution in [0.1, 0.15) is 47.3 Å². The minimum Gasteiger partial charge on any atom is -0.497 e. The van der Waals surface area contributed by atoms with Gasteiger partial charge in [-0.3, -0.25) is 9.69 Å². The van der Waals surface area contributed by atoms with Crippen LogP contribution >= 0.6 is 0 Å². The van der Waals surface area contributed by atoms with Crippen LogP contribution < -0.4 is 10.1 Å². The monoisotopic (exact) mass is 366 g/mol. The molecule has 0 spiro atoms. The molecule has 1 atom stereocenters. The average molecular weight is 367 g/mol. The minimum absolute atomic E-state index is 0.0149.